The number of hydrogen-bond donors (Lipinski definition) is 1. The van der Waals surface area contributed by atoms with Crippen LogP contribution in [-0.4, -0.2) is 10.9 Å². The van der Waals surface area contributed by atoms with E-state index in [2.05, 4.69) is 4.98 Å². The topological polar surface area (TPSA) is 56.0 Å². The van der Waals surface area contributed by atoms with Gasteiger partial charge in [-0.1, -0.05) is 0 Å². The van der Waals surface area contributed by atoms with Crippen LogP contribution in [0.4, 0.5) is 4.39 Å². The fourth-order valence-electron chi connectivity index (χ4n) is 1.31. The van der Waals surface area contributed by atoms with Gasteiger partial charge in [-0.05, 0) is 41.5 Å². The summed E-state index contributed by atoms with van der Waals surface area (Å²) in [6.45, 7) is 0. The molecule has 1 fully saturated rings. The van der Waals surface area contributed by atoms with Crippen molar-refractivity contribution < 1.29 is 9.18 Å². The molecule has 0 aromatic carbocycles. The minimum Gasteiger partial charge on any atom is -0.365 e. The average molecular weight is 306 g/mol. The summed E-state index contributed by atoms with van der Waals surface area (Å²) < 4.78 is 13.9. The first-order valence-corrected chi connectivity index (χ1v) is 5.33. The summed E-state index contributed by atoms with van der Waals surface area (Å²) in [6, 6.07) is 1.74. The molecule has 5 heteroatoms. The van der Waals surface area contributed by atoms with Crippen LogP contribution < -0.4 is 5.73 Å². The minimum atomic E-state index is -0.762. The predicted molar refractivity (Wildman–Crippen MR) is 57.4 cm³/mol. The van der Waals surface area contributed by atoms with E-state index in [4.69, 9.17) is 5.73 Å². The van der Waals surface area contributed by atoms with Crippen molar-refractivity contribution in [2.75, 3.05) is 0 Å². The van der Waals surface area contributed by atoms with Crippen molar-refractivity contribution in [1.29, 1.82) is 0 Å². The van der Waals surface area contributed by atoms with E-state index in [9.17, 15) is 9.18 Å². The van der Waals surface area contributed by atoms with Crippen LogP contribution in [0.1, 0.15) is 34.8 Å². The van der Waals surface area contributed by atoms with Crippen molar-refractivity contribution in [2.24, 2.45) is 5.73 Å². The molecule has 1 heterocycles. The standard InChI is InChI=1S/C9H8FIN2O/c10-8-7(9(12)14)5(11)3-6(13-8)4-1-2-4/h3-4H,1-2H2,(H2,12,14). The van der Waals surface area contributed by atoms with Gasteiger partial charge in [-0.3, -0.25) is 4.79 Å². The number of nitrogens with zero attached hydrogens (tertiary/aromatic N) is 1. The van der Waals surface area contributed by atoms with Crippen molar-refractivity contribution in [3.8, 4) is 0 Å². The van der Waals surface area contributed by atoms with Gasteiger partial charge < -0.3 is 5.73 Å². The highest BCUT2D eigenvalue weighted by molar-refractivity contribution is 14.1. The fraction of sp³-hybridized carbons (Fsp3) is 0.333. The summed E-state index contributed by atoms with van der Waals surface area (Å²) in [6.07, 6.45) is 2.11. The van der Waals surface area contributed by atoms with Gasteiger partial charge in [-0.2, -0.15) is 4.39 Å². The lowest BCUT2D eigenvalue weighted by Gasteiger charge is -2.04. The quantitative estimate of drug-likeness (QED) is 0.669. The number of halogens is 2. The number of nitrogens with two attached hydrogens (primary N) is 1. The van der Waals surface area contributed by atoms with Crippen LogP contribution in [0.2, 0.25) is 0 Å². The number of carbonyl (C=O) groups is 1. The Hall–Kier alpha value is -0.720. The third-order valence-electron chi connectivity index (χ3n) is 2.19. The van der Waals surface area contributed by atoms with Crippen LogP contribution in [0, 0.1) is 9.52 Å². The van der Waals surface area contributed by atoms with E-state index in [0.29, 0.717) is 9.49 Å². The SMILES string of the molecule is NC(=O)c1c(I)cc(C2CC2)nc1F. The molecule has 1 amide bonds. The lowest BCUT2D eigenvalue weighted by atomic mass is 10.2. The molecule has 2 rings (SSSR count). The molecule has 1 aliphatic carbocycles. The molecule has 0 bridgehead atoms. The zero-order valence-electron chi connectivity index (χ0n) is 7.26. The molecule has 1 aromatic heterocycles. The van der Waals surface area contributed by atoms with Gasteiger partial charge in [0.15, 0.2) is 0 Å². The number of hydrogen-bond acceptors (Lipinski definition) is 2. The molecule has 2 N–H and O–H groups in total. The van der Waals surface area contributed by atoms with E-state index >= 15 is 0 Å². The summed E-state index contributed by atoms with van der Waals surface area (Å²) >= 11 is 1.91. The highest BCUT2D eigenvalue weighted by Gasteiger charge is 2.27. The van der Waals surface area contributed by atoms with Gasteiger partial charge in [-0.15, -0.1) is 0 Å². The van der Waals surface area contributed by atoms with Crippen molar-refractivity contribution in [2.45, 2.75) is 18.8 Å². The molecule has 0 spiro atoms. The molecule has 1 aromatic rings. The maximum absolute atomic E-state index is 13.3. The van der Waals surface area contributed by atoms with Crippen LogP contribution in [0.5, 0.6) is 0 Å². The van der Waals surface area contributed by atoms with Crippen LogP contribution in [-0.2, 0) is 0 Å². The largest absolute Gasteiger partial charge is 0.365 e. The Kier molecular flexibility index (Phi) is 2.42. The maximum atomic E-state index is 13.3. The lowest BCUT2D eigenvalue weighted by molar-refractivity contribution is 0.0994. The Morgan fingerprint density at radius 2 is 2.29 bits per heavy atom. The van der Waals surface area contributed by atoms with Crippen molar-refractivity contribution >= 4 is 28.5 Å². The Labute approximate surface area is 94.0 Å². The molecule has 1 saturated carbocycles. The number of primary amides is 1. The number of pyridine rings is 1. The summed E-state index contributed by atoms with van der Waals surface area (Å²) in [5.41, 5.74) is 5.66. The van der Waals surface area contributed by atoms with Gasteiger partial charge in [0, 0.05) is 15.2 Å². The molecule has 1 aliphatic rings. The van der Waals surface area contributed by atoms with E-state index in [0.717, 1.165) is 18.5 Å². The van der Waals surface area contributed by atoms with Gasteiger partial charge >= 0.3 is 0 Å². The number of amides is 1. The molecule has 0 atom stereocenters. The zero-order chi connectivity index (χ0) is 10.3. The molecule has 0 aliphatic heterocycles. The highest BCUT2D eigenvalue weighted by atomic mass is 127. The summed E-state index contributed by atoms with van der Waals surface area (Å²) in [7, 11) is 0. The Bertz CT molecular complexity index is 381. The average Bonchev–Trinajstić information content (AvgIpc) is 2.83. The number of rotatable bonds is 2. The molecule has 0 unspecified atom stereocenters. The van der Waals surface area contributed by atoms with Crippen LogP contribution in [0.3, 0.4) is 0 Å². The summed E-state index contributed by atoms with van der Waals surface area (Å²) in [4.78, 5) is 14.6. The van der Waals surface area contributed by atoms with Gasteiger partial charge in [0.1, 0.15) is 5.56 Å². The molecule has 3 nitrogen and oxygen atoms in total. The zero-order valence-corrected chi connectivity index (χ0v) is 9.42. The molecule has 14 heavy (non-hydrogen) atoms. The van der Waals surface area contributed by atoms with Crippen molar-refractivity contribution in [3.05, 3.63) is 26.8 Å². The van der Waals surface area contributed by atoms with Crippen LogP contribution >= 0.6 is 22.6 Å². The Morgan fingerprint density at radius 3 is 2.71 bits per heavy atom. The summed E-state index contributed by atoms with van der Waals surface area (Å²) in [5, 5.41) is 0. The highest BCUT2D eigenvalue weighted by Crippen LogP contribution is 2.39. The lowest BCUT2D eigenvalue weighted by Crippen LogP contribution is -2.16. The van der Waals surface area contributed by atoms with Gasteiger partial charge in [0.25, 0.3) is 5.91 Å². The second-order valence-corrected chi connectivity index (χ2v) is 4.50. The Balaban J connectivity index is 2.49. The van der Waals surface area contributed by atoms with E-state index in [1.54, 1.807) is 6.07 Å². The van der Waals surface area contributed by atoms with E-state index in [1.165, 1.54) is 0 Å². The van der Waals surface area contributed by atoms with Crippen molar-refractivity contribution in [3.63, 3.8) is 0 Å². The molecular weight excluding hydrogens is 298 g/mol. The first-order valence-electron chi connectivity index (χ1n) is 4.25. The first kappa shape index (κ1) is 9.82. The van der Waals surface area contributed by atoms with Crippen molar-refractivity contribution in [1.82, 2.24) is 4.98 Å². The molecule has 0 radical (unpaired) electrons. The van der Waals surface area contributed by atoms with Crippen LogP contribution in [0.15, 0.2) is 6.07 Å². The third kappa shape index (κ3) is 1.73. The second-order valence-electron chi connectivity index (χ2n) is 3.33. The smallest absolute Gasteiger partial charge is 0.254 e. The van der Waals surface area contributed by atoms with E-state index < -0.39 is 11.9 Å². The minimum absolute atomic E-state index is 0.102. The van der Waals surface area contributed by atoms with Crippen LogP contribution in [0.25, 0.3) is 0 Å². The predicted octanol–water partition coefficient (Wildman–Crippen LogP) is 1.80. The normalized spacial score (nSPS) is 15.6. The van der Waals surface area contributed by atoms with Gasteiger partial charge in [0.2, 0.25) is 5.95 Å². The number of carbonyl (C=O) groups excluding carboxylic acids is 1. The Morgan fingerprint density at radius 1 is 1.64 bits per heavy atom. The fourth-order valence-corrected chi connectivity index (χ4v) is 2.12. The number of aromatic nitrogens is 1. The van der Waals surface area contributed by atoms with Gasteiger partial charge in [0.05, 0.1) is 0 Å². The third-order valence-corrected chi connectivity index (χ3v) is 3.04. The monoisotopic (exact) mass is 306 g/mol. The molecule has 0 saturated heterocycles. The molecule has 74 valence electrons. The molecular formula is C9H8FIN2O. The van der Waals surface area contributed by atoms with E-state index in [1.807, 2.05) is 22.6 Å². The summed E-state index contributed by atoms with van der Waals surface area (Å²) in [5.74, 6) is -1.13. The van der Waals surface area contributed by atoms with E-state index in [-0.39, 0.29) is 5.56 Å². The second kappa shape index (κ2) is 3.45. The van der Waals surface area contributed by atoms with Gasteiger partial charge in [-0.25, -0.2) is 4.98 Å². The maximum Gasteiger partial charge on any atom is 0.254 e. The first-order chi connectivity index (χ1) is 6.59.